The van der Waals surface area contributed by atoms with Gasteiger partial charge < -0.3 is 5.32 Å². The maximum absolute atomic E-state index is 12.0. The molecule has 0 aliphatic carbocycles. The van der Waals surface area contributed by atoms with Crippen molar-refractivity contribution < 1.29 is 4.79 Å². The predicted molar refractivity (Wildman–Crippen MR) is 83.8 cm³/mol. The predicted octanol–water partition coefficient (Wildman–Crippen LogP) is 3.01. The van der Waals surface area contributed by atoms with Gasteiger partial charge in [-0.05, 0) is 49.6 Å². The maximum atomic E-state index is 12.0. The van der Waals surface area contributed by atoms with Gasteiger partial charge >= 0.3 is 0 Å². The lowest BCUT2D eigenvalue weighted by Crippen LogP contribution is -2.35. The van der Waals surface area contributed by atoms with E-state index in [0.717, 1.165) is 18.8 Å². The maximum Gasteiger partial charge on any atom is 0.225 e. The third-order valence-corrected chi connectivity index (χ3v) is 4.11. The number of hydrogen-bond acceptors (Lipinski definition) is 3. The first-order chi connectivity index (χ1) is 10.1. The Kier molecular flexibility index (Phi) is 5.35. The zero-order valence-corrected chi connectivity index (χ0v) is 12.8. The Morgan fingerprint density at radius 3 is 2.76 bits per heavy atom. The highest BCUT2D eigenvalue weighted by Crippen LogP contribution is 2.23. The molecule has 1 atom stereocenters. The molecular weight excluding hydrogens is 262 g/mol. The average Bonchev–Trinajstić information content (AvgIpc) is 2.94. The van der Waals surface area contributed by atoms with Crippen molar-refractivity contribution in [2.24, 2.45) is 5.92 Å². The Morgan fingerprint density at radius 1 is 1.43 bits per heavy atom. The second-order valence-corrected chi connectivity index (χ2v) is 5.98. The summed E-state index contributed by atoms with van der Waals surface area (Å²) in [5, 5.41) is 11.6. The number of nitrogens with zero attached hydrogens (tertiary/aromatic N) is 2. The molecule has 1 aromatic rings. The highest BCUT2D eigenvalue weighted by molar-refractivity contribution is 5.90. The van der Waals surface area contributed by atoms with Gasteiger partial charge in [0.15, 0.2) is 0 Å². The number of nitrogens with one attached hydrogen (secondary N) is 1. The standard InChI is InChI=1S/C17H23N3O/c1-13(2)16-4-3-10-20(16)11-9-17(21)19-15-7-5-14(12-18)6-8-15/h5-8,13,16H,3-4,9-11H2,1-2H3,(H,19,21). The van der Waals surface area contributed by atoms with Crippen LogP contribution in [0.25, 0.3) is 0 Å². The van der Waals surface area contributed by atoms with Gasteiger partial charge in [-0.25, -0.2) is 0 Å². The Balaban J connectivity index is 1.80. The number of anilines is 1. The van der Waals surface area contributed by atoms with Crippen LogP contribution >= 0.6 is 0 Å². The van der Waals surface area contributed by atoms with Gasteiger partial charge in [0.2, 0.25) is 5.91 Å². The summed E-state index contributed by atoms with van der Waals surface area (Å²) in [5.41, 5.74) is 1.35. The molecule has 1 aliphatic rings. The minimum Gasteiger partial charge on any atom is -0.326 e. The molecule has 1 amide bonds. The van der Waals surface area contributed by atoms with Crippen molar-refractivity contribution in [3.8, 4) is 6.07 Å². The first-order valence-electron chi connectivity index (χ1n) is 7.64. The molecule has 4 heteroatoms. The Labute approximate surface area is 126 Å². The monoisotopic (exact) mass is 285 g/mol. The van der Waals surface area contributed by atoms with Crippen LogP contribution in [0.3, 0.4) is 0 Å². The van der Waals surface area contributed by atoms with Gasteiger partial charge in [-0.3, -0.25) is 9.69 Å². The zero-order valence-electron chi connectivity index (χ0n) is 12.8. The molecule has 4 nitrogen and oxygen atoms in total. The number of carbonyl (C=O) groups is 1. The van der Waals surface area contributed by atoms with Crippen molar-refractivity contribution in [1.82, 2.24) is 4.90 Å². The Morgan fingerprint density at radius 2 is 2.14 bits per heavy atom. The molecule has 112 valence electrons. The minimum absolute atomic E-state index is 0.0362. The molecule has 1 N–H and O–H groups in total. The van der Waals surface area contributed by atoms with Gasteiger partial charge in [0.25, 0.3) is 0 Å². The van der Waals surface area contributed by atoms with Crippen molar-refractivity contribution >= 4 is 11.6 Å². The van der Waals surface area contributed by atoms with E-state index in [-0.39, 0.29) is 5.91 Å². The van der Waals surface area contributed by atoms with Gasteiger partial charge in [-0.15, -0.1) is 0 Å². The fraction of sp³-hybridized carbons (Fsp3) is 0.529. The van der Waals surface area contributed by atoms with Crippen LogP contribution in [0, 0.1) is 17.2 Å². The first kappa shape index (κ1) is 15.5. The van der Waals surface area contributed by atoms with Crippen LogP contribution in [-0.2, 0) is 4.79 Å². The van der Waals surface area contributed by atoms with Gasteiger partial charge in [0.05, 0.1) is 11.6 Å². The van der Waals surface area contributed by atoms with Crippen LogP contribution in [0.15, 0.2) is 24.3 Å². The van der Waals surface area contributed by atoms with Crippen molar-refractivity contribution in [3.63, 3.8) is 0 Å². The summed E-state index contributed by atoms with van der Waals surface area (Å²) in [5.74, 6) is 0.684. The number of benzene rings is 1. The fourth-order valence-electron chi connectivity index (χ4n) is 2.98. The molecular formula is C17H23N3O. The Bertz CT molecular complexity index is 516. The second-order valence-electron chi connectivity index (χ2n) is 5.98. The molecule has 1 unspecified atom stereocenters. The SMILES string of the molecule is CC(C)C1CCCN1CCC(=O)Nc1ccc(C#N)cc1. The van der Waals surface area contributed by atoms with Crippen LogP contribution in [0.2, 0.25) is 0 Å². The molecule has 1 heterocycles. The smallest absolute Gasteiger partial charge is 0.225 e. The number of rotatable bonds is 5. The summed E-state index contributed by atoms with van der Waals surface area (Å²) in [6.45, 7) is 6.43. The summed E-state index contributed by atoms with van der Waals surface area (Å²) in [4.78, 5) is 14.4. The lowest BCUT2D eigenvalue weighted by Gasteiger charge is -2.27. The highest BCUT2D eigenvalue weighted by atomic mass is 16.1. The minimum atomic E-state index is 0.0362. The fourth-order valence-corrected chi connectivity index (χ4v) is 2.98. The van der Waals surface area contributed by atoms with E-state index in [4.69, 9.17) is 5.26 Å². The molecule has 1 saturated heterocycles. The molecule has 0 aromatic heterocycles. The summed E-state index contributed by atoms with van der Waals surface area (Å²) in [6, 6.07) is 9.64. The van der Waals surface area contributed by atoms with E-state index in [0.29, 0.717) is 23.9 Å². The molecule has 0 radical (unpaired) electrons. The highest BCUT2D eigenvalue weighted by Gasteiger charge is 2.26. The molecule has 0 bridgehead atoms. The number of likely N-dealkylation sites (tertiary alicyclic amines) is 1. The number of carbonyl (C=O) groups excluding carboxylic acids is 1. The number of hydrogen-bond donors (Lipinski definition) is 1. The van der Waals surface area contributed by atoms with Crippen LogP contribution in [-0.4, -0.2) is 29.9 Å². The third-order valence-electron chi connectivity index (χ3n) is 4.11. The van der Waals surface area contributed by atoms with Gasteiger partial charge in [0.1, 0.15) is 0 Å². The molecule has 2 rings (SSSR count). The number of amides is 1. The summed E-state index contributed by atoms with van der Waals surface area (Å²) in [6.07, 6.45) is 3.00. The largest absolute Gasteiger partial charge is 0.326 e. The van der Waals surface area contributed by atoms with E-state index in [9.17, 15) is 4.79 Å². The van der Waals surface area contributed by atoms with Crippen LogP contribution in [0.4, 0.5) is 5.69 Å². The summed E-state index contributed by atoms with van der Waals surface area (Å²) < 4.78 is 0. The Hall–Kier alpha value is -1.86. The van der Waals surface area contributed by atoms with E-state index >= 15 is 0 Å². The summed E-state index contributed by atoms with van der Waals surface area (Å²) >= 11 is 0. The normalized spacial score (nSPS) is 18.7. The van der Waals surface area contributed by atoms with Gasteiger partial charge in [-0.2, -0.15) is 5.26 Å². The van der Waals surface area contributed by atoms with Crippen molar-refractivity contribution in [2.45, 2.75) is 39.2 Å². The van der Waals surface area contributed by atoms with E-state index < -0.39 is 0 Å². The van der Waals surface area contributed by atoms with Crippen molar-refractivity contribution in [2.75, 3.05) is 18.4 Å². The second kappa shape index (κ2) is 7.24. The van der Waals surface area contributed by atoms with Crippen molar-refractivity contribution in [3.05, 3.63) is 29.8 Å². The van der Waals surface area contributed by atoms with E-state index in [2.05, 4.69) is 30.1 Å². The van der Waals surface area contributed by atoms with Crippen molar-refractivity contribution in [1.29, 1.82) is 5.26 Å². The van der Waals surface area contributed by atoms with Gasteiger partial charge in [0, 0.05) is 24.7 Å². The number of nitriles is 1. The molecule has 1 aromatic carbocycles. The van der Waals surface area contributed by atoms with Gasteiger partial charge in [-0.1, -0.05) is 13.8 Å². The van der Waals surface area contributed by atoms with Crippen LogP contribution in [0.5, 0.6) is 0 Å². The van der Waals surface area contributed by atoms with E-state index in [1.165, 1.54) is 12.8 Å². The molecule has 0 saturated carbocycles. The zero-order chi connectivity index (χ0) is 15.2. The van der Waals surface area contributed by atoms with E-state index in [1.54, 1.807) is 24.3 Å². The quantitative estimate of drug-likeness (QED) is 0.904. The third kappa shape index (κ3) is 4.30. The van der Waals surface area contributed by atoms with Crippen LogP contribution in [0.1, 0.15) is 38.7 Å². The first-order valence-corrected chi connectivity index (χ1v) is 7.64. The average molecular weight is 285 g/mol. The topological polar surface area (TPSA) is 56.1 Å². The molecule has 0 spiro atoms. The molecule has 1 aliphatic heterocycles. The molecule has 1 fully saturated rings. The lowest BCUT2D eigenvalue weighted by atomic mass is 10.0. The van der Waals surface area contributed by atoms with Crippen LogP contribution < -0.4 is 5.32 Å². The summed E-state index contributed by atoms with van der Waals surface area (Å²) in [7, 11) is 0. The lowest BCUT2D eigenvalue weighted by molar-refractivity contribution is -0.116. The van der Waals surface area contributed by atoms with E-state index in [1.807, 2.05) is 0 Å². The molecule has 21 heavy (non-hydrogen) atoms.